The van der Waals surface area contributed by atoms with E-state index in [0.29, 0.717) is 0 Å². The van der Waals surface area contributed by atoms with E-state index in [1.54, 1.807) is 11.8 Å². The van der Waals surface area contributed by atoms with Gasteiger partial charge in [0.05, 0.1) is 5.03 Å². The van der Waals surface area contributed by atoms with Gasteiger partial charge in [0.15, 0.2) is 0 Å². The van der Waals surface area contributed by atoms with Gasteiger partial charge in [0.25, 0.3) is 0 Å². The van der Waals surface area contributed by atoms with E-state index in [1.807, 2.05) is 0 Å². The topological polar surface area (TPSA) is 15.8 Å². The van der Waals surface area contributed by atoms with Crippen molar-refractivity contribution in [1.82, 2.24) is 4.98 Å². The van der Waals surface area contributed by atoms with Crippen LogP contribution in [-0.2, 0) is 5.41 Å². The molecule has 1 nitrogen and oxygen atoms in total. The zero-order chi connectivity index (χ0) is 14.2. The van der Waals surface area contributed by atoms with Crippen LogP contribution in [0.3, 0.4) is 0 Å². The summed E-state index contributed by atoms with van der Waals surface area (Å²) in [5.41, 5.74) is 2.78. The van der Waals surface area contributed by atoms with E-state index in [4.69, 9.17) is 0 Å². The maximum Gasteiger partial charge on any atom is 0.0780 e. The van der Waals surface area contributed by atoms with Crippen molar-refractivity contribution in [3.63, 3.8) is 0 Å². The van der Waals surface area contributed by atoms with Crippen molar-refractivity contribution in [2.45, 2.75) is 36.1 Å². The van der Waals surface area contributed by atoms with Gasteiger partial charge in [-0.1, -0.05) is 62.9 Å². The standard InChI is InChI=1S/C18H19NS/c1-18(2,3)14-8-10-15(11-9-14)20-17-12-13-6-4-5-7-16(13)19-17/h4-12,19H,1-3H3. The Morgan fingerprint density at radius 3 is 2.25 bits per heavy atom. The highest BCUT2D eigenvalue weighted by Gasteiger charge is 2.13. The summed E-state index contributed by atoms with van der Waals surface area (Å²) < 4.78 is 0. The zero-order valence-electron chi connectivity index (χ0n) is 12.1. The summed E-state index contributed by atoms with van der Waals surface area (Å²) in [6, 6.07) is 19.5. The lowest BCUT2D eigenvalue weighted by molar-refractivity contribution is 0.590. The molecule has 1 aromatic heterocycles. The van der Waals surface area contributed by atoms with E-state index in [0.717, 1.165) is 0 Å². The molecule has 0 atom stereocenters. The van der Waals surface area contributed by atoms with Crippen molar-refractivity contribution in [3.05, 3.63) is 60.2 Å². The molecule has 0 aliphatic rings. The van der Waals surface area contributed by atoms with Crippen LogP contribution in [0.15, 0.2) is 64.5 Å². The first-order valence-electron chi connectivity index (χ1n) is 6.88. The smallest absolute Gasteiger partial charge is 0.0780 e. The first-order chi connectivity index (χ1) is 9.52. The molecular formula is C18H19NS. The van der Waals surface area contributed by atoms with Gasteiger partial charge in [0.2, 0.25) is 0 Å². The minimum absolute atomic E-state index is 0.213. The third-order valence-electron chi connectivity index (χ3n) is 3.45. The number of rotatable bonds is 2. The fourth-order valence-electron chi connectivity index (χ4n) is 2.25. The van der Waals surface area contributed by atoms with Gasteiger partial charge < -0.3 is 4.98 Å². The van der Waals surface area contributed by atoms with Crippen LogP contribution in [0.1, 0.15) is 26.3 Å². The maximum absolute atomic E-state index is 3.45. The molecule has 102 valence electrons. The predicted molar refractivity (Wildman–Crippen MR) is 87.6 cm³/mol. The Morgan fingerprint density at radius 2 is 1.60 bits per heavy atom. The number of nitrogens with one attached hydrogen (secondary N) is 1. The molecule has 20 heavy (non-hydrogen) atoms. The lowest BCUT2D eigenvalue weighted by Crippen LogP contribution is -2.10. The number of H-pyrrole nitrogens is 1. The third kappa shape index (κ3) is 2.75. The fourth-order valence-corrected chi connectivity index (χ4v) is 3.12. The average Bonchev–Trinajstić information content (AvgIpc) is 2.80. The number of fused-ring (bicyclic) bond motifs is 1. The average molecular weight is 281 g/mol. The van der Waals surface area contributed by atoms with Gasteiger partial charge in [0, 0.05) is 15.8 Å². The Bertz CT molecular complexity index is 684. The van der Waals surface area contributed by atoms with E-state index in [2.05, 4.69) is 80.4 Å². The Kier molecular flexibility index (Phi) is 3.35. The van der Waals surface area contributed by atoms with Crippen molar-refractivity contribution in [3.8, 4) is 0 Å². The molecule has 0 saturated carbocycles. The molecule has 0 aliphatic heterocycles. The summed E-state index contributed by atoms with van der Waals surface area (Å²) in [6.45, 7) is 6.73. The molecule has 0 amide bonds. The Balaban J connectivity index is 1.84. The number of hydrogen-bond acceptors (Lipinski definition) is 1. The quantitative estimate of drug-likeness (QED) is 0.645. The molecule has 0 spiro atoms. The second kappa shape index (κ2) is 5.02. The SMILES string of the molecule is CC(C)(C)c1ccc(Sc2cc3ccccc3[nH]2)cc1. The first kappa shape index (κ1) is 13.3. The van der Waals surface area contributed by atoms with Crippen LogP contribution < -0.4 is 0 Å². The van der Waals surface area contributed by atoms with Crippen molar-refractivity contribution in [2.24, 2.45) is 0 Å². The second-order valence-electron chi connectivity index (χ2n) is 6.10. The van der Waals surface area contributed by atoms with E-state index < -0.39 is 0 Å². The number of hydrogen-bond donors (Lipinski definition) is 1. The first-order valence-corrected chi connectivity index (χ1v) is 7.70. The molecule has 0 radical (unpaired) electrons. The summed E-state index contributed by atoms with van der Waals surface area (Å²) in [5, 5.41) is 2.45. The summed E-state index contributed by atoms with van der Waals surface area (Å²) >= 11 is 1.78. The molecule has 1 heterocycles. The molecule has 0 fully saturated rings. The second-order valence-corrected chi connectivity index (χ2v) is 7.21. The molecule has 2 aromatic carbocycles. The lowest BCUT2D eigenvalue weighted by Gasteiger charge is -2.18. The lowest BCUT2D eigenvalue weighted by atomic mass is 9.87. The number of para-hydroxylation sites is 1. The monoisotopic (exact) mass is 281 g/mol. The van der Waals surface area contributed by atoms with Crippen LogP contribution >= 0.6 is 11.8 Å². The zero-order valence-corrected chi connectivity index (χ0v) is 12.9. The van der Waals surface area contributed by atoms with E-state index in [9.17, 15) is 0 Å². The van der Waals surface area contributed by atoms with Crippen LogP contribution in [0.2, 0.25) is 0 Å². The van der Waals surface area contributed by atoms with E-state index in [1.165, 1.54) is 26.4 Å². The molecule has 3 aromatic rings. The van der Waals surface area contributed by atoms with Crippen molar-refractivity contribution < 1.29 is 0 Å². The molecule has 1 N–H and O–H groups in total. The number of aromatic nitrogens is 1. The summed E-state index contributed by atoms with van der Waals surface area (Å²) in [4.78, 5) is 4.72. The van der Waals surface area contributed by atoms with Gasteiger partial charge in [-0.2, -0.15) is 0 Å². The minimum atomic E-state index is 0.213. The largest absolute Gasteiger partial charge is 0.349 e. The van der Waals surface area contributed by atoms with E-state index >= 15 is 0 Å². The highest BCUT2D eigenvalue weighted by molar-refractivity contribution is 7.99. The van der Waals surface area contributed by atoms with Crippen LogP contribution in [-0.4, -0.2) is 4.98 Å². The summed E-state index contributed by atoms with van der Waals surface area (Å²) in [6.07, 6.45) is 0. The van der Waals surface area contributed by atoms with Gasteiger partial charge in [-0.25, -0.2) is 0 Å². The Morgan fingerprint density at radius 1 is 0.900 bits per heavy atom. The molecular weight excluding hydrogens is 262 g/mol. The van der Waals surface area contributed by atoms with Gasteiger partial charge in [-0.15, -0.1) is 0 Å². The molecule has 0 bridgehead atoms. The van der Waals surface area contributed by atoms with Crippen LogP contribution in [0.5, 0.6) is 0 Å². The number of benzene rings is 2. The van der Waals surface area contributed by atoms with Gasteiger partial charge >= 0.3 is 0 Å². The van der Waals surface area contributed by atoms with Gasteiger partial charge in [-0.3, -0.25) is 0 Å². The highest BCUT2D eigenvalue weighted by atomic mass is 32.2. The summed E-state index contributed by atoms with van der Waals surface area (Å²) in [7, 11) is 0. The van der Waals surface area contributed by atoms with E-state index in [-0.39, 0.29) is 5.41 Å². The van der Waals surface area contributed by atoms with Crippen molar-refractivity contribution in [1.29, 1.82) is 0 Å². The molecule has 0 unspecified atom stereocenters. The Labute approximate surface area is 124 Å². The van der Waals surface area contributed by atoms with Crippen molar-refractivity contribution >= 4 is 22.7 Å². The van der Waals surface area contributed by atoms with Gasteiger partial charge in [-0.05, 0) is 35.2 Å². The fraction of sp³-hybridized carbons (Fsp3) is 0.222. The highest BCUT2D eigenvalue weighted by Crippen LogP contribution is 2.31. The van der Waals surface area contributed by atoms with Crippen LogP contribution in [0.25, 0.3) is 10.9 Å². The minimum Gasteiger partial charge on any atom is -0.349 e. The molecule has 0 aliphatic carbocycles. The Hall–Kier alpha value is -1.67. The van der Waals surface area contributed by atoms with Crippen LogP contribution in [0, 0.1) is 0 Å². The molecule has 2 heteroatoms. The summed E-state index contributed by atoms with van der Waals surface area (Å²) in [5.74, 6) is 0. The van der Waals surface area contributed by atoms with Gasteiger partial charge in [0.1, 0.15) is 0 Å². The van der Waals surface area contributed by atoms with Crippen LogP contribution in [0.4, 0.5) is 0 Å². The number of aromatic amines is 1. The molecule has 0 saturated heterocycles. The predicted octanol–water partition coefficient (Wildman–Crippen LogP) is 5.62. The normalized spacial score (nSPS) is 11.9. The third-order valence-corrected chi connectivity index (χ3v) is 4.40. The van der Waals surface area contributed by atoms with Crippen molar-refractivity contribution in [2.75, 3.05) is 0 Å². The maximum atomic E-state index is 3.45. The molecule has 3 rings (SSSR count).